The lowest BCUT2D eigenvalue weighted by Gasteiger charge is -2.41. The molecule has 0 bridgehead atoms. The molecule has 0 atom stereocenters. The van der Waals surface area contributed by atoms with Crippen molar-refractivity contribution in [3.63, 3.8) is 0 Å². The Morgan fingerprint density at radius 1 is 0.826 bits per heavy atom. The summed E-state index contributed by atoms with van der Waals surface area (Å²) in [7, 11) is 0. The molecule has 0 aromatic heterocycles. The molecule has 4 nitrogen and oxygen atoms in total. The molecule has 2 aliphatic carbocycles. The van der Waals surface area contributed by atoms with Gasteiger partial charge in [-0.2, -0.15) is 0 Å². The molecule has 0 heterocycles. The van der Waals surface area contributed by atoms with Crippen molar-refractivity contribution in [1.29, 1.82) is 0 Å². The normalized spacial score (nSPS) is 24.1. The van der Waals surface area contributed by atoms with E-state index in [-0.39, 0.29) is 24.0 Å². The fourth-order valence-corrected chi connectivity index (χ4v) is 4.01. The Morgan fingerprint density at radius 2 is 1.17 bits per heavy atom. The van der Waals surface area contributed by atoms with Gasteiger partial charge in [0.25, 0.3) is 0 Å². The van der Waals surface area contributed by atoms with E-state index in [1.54, 1.807) is 13.8 Å². The molecule has 0 N–H and O–H groups in total. The SMILES string of the molecule is CCOC(=O)C1(C(=O)OCC)CC2=C(C1)C(C)(C)CCC2(C)C. The second-order valence-corrected chi connectivity index (χ2v) is 8.10. The molecule has 0 spiro atoms. The summed E-state index contributed by atoms with van der Waals surface area (Å²) in [5, 5.41) is 0. The van der Waals surface area contributed by atoms with Gasteiger partial charge in [-0.15, -0.1) is 0 Å². The average molecular weight is 322 g/mol. The maximum absolute atomic E-state index is 12.7. The van der Waals surface area contributed by atoms with Crippen molar-refractivity contribution in [1.82, 2.24) is 0 Å². The summed E-state index contributed by atoms with van der Waals surface area (Å²) in [6.45, 7) is 12.9. The third kappa shape index (κ3) is 2.92. The van der Waals surface area contributed by atoms with E-state index in [0.717, 1.165) is 12.8 Å². The van der Waals surface area contributed by atoms with Crippen molar-refractivity contribution in [2.75, 3.05) is 13.2 Å². The maximum Gasteiger partial charge on any atom is 0.324 e. The quantitative estimate of drug-likeness (QED) is 0.445. The standard InChI is InChI=1S/C19H30O4/c1-7-22-15(20)19(16(21)23-8-2)11-13-14(12-19)18(5,6)10-9-17(13,3)4/h7-12H2,1-6H3. The fraction of sp³-hybridized carbons (Fsp3) is 0.789. The Morgan fingerprint density at radius 3 is 1.48 bits per heavy atom. The lowest BCUT2D eigenvalue weighted by Crippen LogP contribution is -2.41. The second kappa shape index (κ2) is 5.95. The second-order valence-electron chi connectivity index (χ2n) is 8.10. The maximum atomic E-state index is 12.7. The van der Waals surface area contributed by atoms with Gasteiger partial charge in [-0.05, 0) is 50.4 Å². The van der Waals surface area contributed by atoms with Crippen LogP contribution in [0.15, 0.2) is 11.1 Å². The minimum absolute atomic E-state index is 0.0194. The molecular weight excluding hydrogens is 292 g/mol. The molecule has 0 unspecified atom stereocenters. The Balaban J connectivity index is 2.46. The van der Waals surface area contributed by atoms with E-state index < -0.39 is 17.4 Å². The van der Waals surface area contributed by atoms with Gasteiger partial charge in [0.05, 0.1) is 13.2 Å². The van der Waals surface area contributed by atoms with Crippen molar-refractivity contribution < 1.29 is 19.1 Å². The van der Waals surface area contributed by atoms with Gasteiger partial charge in [0.15, 0.2) is 5.41 Å². The minimum atomic E-state index is -1.18. The third-order valence-electron chi connectivity index (χ3n) is 5.66. The van der Waals surface area contributed by atoms with Gasteiger partial charge in [-0.25, -0.2) is 0 Å². The third-order valence-corrected chi connectivity index (χ3v) is 5.66. The van der Waals surface area contributed by atoms with Gasteiger partial charge in [-0.1, -0.05) is 38.8 Å². The number of ether oxygens (including phenoxy) is 2. The van der Waals surface area contributed by atoms with Gasteiger partial charge in [0.1, 0.15) is 0 Å². The monoisotopic (exact) mass is 322 g/mol. The summed E-state index contributed by atoms with van der Waals surface area (Å²) in [4.78, 5) is 25.4. The van der Waals surface area contributed by atoms with Gasteiger partial charge < -0.3 is 9.47 Å². The number of carbonyl (C=O) groups is 2. The largest absolute Gasteiger partial charge is 0.465 e. The average Bonchev–Trinajstić information content (AvgIpc) is 2.89. The van der Waals surface area contributed by atoms with Crippen LogP contribution in [-0.4, -0.2) is 25.2 Å². The summed E-state index contributed by atoms with van der Waals surface area (Å²) >= 11 is 0. The predicted octanol–water partition coefficient (Wildman–Crippen LogP) is 4.04. The van der Waals surface area contributed by atoms with Crippen LogP contribution in [0.4, 0.5) is 0 Å². The first kappa shape index (κ1) is 18.0. The molecule has 130 valence electrons. The van der Waals surface area contributed by atoms with Crippen LogP contribution in [-0.2, 0) is 19.1 Å². The molecular formula is C19H30O4. The zero-order valence-electron chi connectivity index (χ0n) is 15.4. The minimum Gasteiger partial charge on any atom is -0.465 e. The molecule has 0 fully saturated rings. The van der Waals surface area contributed by atoms with Crippen LogP contribution in [0.1, 0.15) is 67.2 Å². The molecule has 0 aliphatic heterocycles. The highest BCUT2D eigenvalue weighted by Crippen LogP contribution is 2.60. The van der Waals surface area contributed by atoms with E-state index in [9.17, 15) is 9.59 Å². The number of hydrogen-bond donors (Lipinski definition) is 0. The zero-order chi connectivity index (χ0) is 17.5. The van der Waals surface area contributed by atoms with Gasteiger partial charge >= 0.3 is 11.9 Å². The lowest BCUT2D eigenvalue weighted by atomic mass is 9.64. The van der Waals surface area contributed by atoms with Crippen molar-refractivity contribution in [2.45, 2.75) is 67.2 Å². The van der Waals surface area contributed by atoms with Crippen LogP contribution >= 0.6 is 0 Å². The fourth-order valence-electron chi connectivity index (χ4n) is 4.01. The number of rotatable bonds is 4. The highest BCUT2D eigenvalue weighted by molar-refractivity contribution is 6.01. The van der Waals surface area contributed by atoms with Gasteiger partial charge in [0, 0.05) is 0 Å². The summed E-state index contributed by atoms with van der Waals surface area (Å²) < 4.78 is 10.5. The summed E-state index contributed by atoms with van der Waals surface area (Å²) in [5.41, 5.74) is 1.37. The molecule has 4 heteroatoms. The van der Waals surface area contributed by atoms with Crippen LogP contribution in [0.2, 0.25) is 0 Å². The molecule has 0 saturated carbocycles. The lowest BCUT2D eigenvalue weighted by molar-refractivity contribution is -0.171. The highest BCUT2D eigenvalue weighted by atomic mass is 16.6. The predicted molar refractivity (Wildman–Crippen MR) is 88.8 cm³/mol. The number of carbonyl (C=O) groups excluding carboxylic acids is 2. The first-order chi connectivity index (χ1) is 10.6. The molecule has 0 aromatic carbocycles. The Kier molecular flexibility index (Phi) is 4.67. The molecule has 0 aromatic rings. The van der Waals surface area contributed by atoms with Crippen LogP contribution in [0, 0.1) is 16.2 Å². The van der Waals surface area contributed by atoms with Crippen molar-refractivity contribution in [2.24, 2.45) is 16.2 Å². The molecule has 2 rings (SSSR count). The van der Waals surface area contributed by atoms with E-state index in [1.807, 2.05) is 0 Å². The molecule has 23 heavy (non-hydrogen) atoms. The van der Waals surface area contributed by atoms with E-state index in [4.69, 9.17) is 9.47 Å². The van der Waals surface area contributed by atoms with E-state index >= 15 is 0 Å². The summed E-state index contributed by atoms with van der Waals surface area (Å²) in [6, 6.07) is 0. The first-order valence-electron chi connectivity index (χ1n) is 8.68. The molecule has 0 amide bonds. The van der Waals surface area contributed by atoms with Crippen molar-refractivity contribution in [3.8, 4) is 0 Å². The summed E-state index contributed by atoms with van der Waals surface area (Å²) in [6.07, 6.45) is 3.02. The Hall–Kier alpha value is -1.32. The van der Waals surface area contributed by atoms with Crippen molar-refractivity contribution in [3.05, 3.63) is 11.1 Å². The van der Waals surface area contributed by atoms with Crippen LogP contribution in [0.3, 0.4) is 0 Å². The van der Waals surface area contributed by atoms with E-state index in [1.165, 1.54) is 11.1 Å². The van der Waals surface area contributed by atoms with E-state index in [0.29, 0.717) is 12.8 Å². The van der Waals surface area contributed by atoms with Crippen LogP contribution in [0.5, 0.6) is 0 Å². The highest BCUT2D eigenvalue weighted by Gasteiger charge is 2.58. The van der Waals surface area contributed by atoms with Gasteiger partial charge in [-0.3, -0.25) is 9.59 Å². The molecule has 2 aliphatic rings. The summed E-state index contributed by atoms with van der Waals surface area (Å²) in [5.74, 6) is -0.862. The Labute approximate surface area is 139 Å². The molecule has 0 radical (unpaired) electrons. The van der Waals surface area contributed by atoms with E-state index in [2.05, 4.69) is 27.7 Å². The van der Waals surface area contributed by atoms with Crippen LogP contribution in [0.25, 0.3) is 0 Å². The van der Waals surface area contributed by atoms with Crippen molar-refractivity contribution >= 4 is 11.9 Å². The van der Waals surface area contributed by atoms with Gasteiger partial charge in [0.2, 0.25) is 0 Å². The topological polar surface area (TPSA) is 52.6 Å². The first-order valence-corrected chi connectivity index (χ1v) is 8.68. The zero-order valence-corrected chi connectivity index (χ0v) is 15.4. The number of esters is 2. The number of allylic oxidation sites excluding steroid dienone is 2. The smallest absolute Gasteiger partial charge is 0.324 e. The van der Waals surface area contributed by atoms with Crippen LogP contribution < -0.4 is 0 Å². The Bertz CT molecular complexity index is 492. The number of hydrogen-bond acceptors (Lipinski definition) is 4. The molecule has 0 saturated heterocycles.